The van der Waals surface area contributed by atoms with Crippen molar-refractivity contribution in [2.45, 2.75) is 39.8 Å². The van der Waals surface area contributed by atoms with Crippen molar-refractivity contribution in [1.29, 1.82) is 0 Å². The summed E-state index contributed by atoms with van der Waals surface area (Å²) in [4.78, 5) is 38.3. The molecule has 5 aromatic rings. The first-order valence-electron chi connectivity index (χ1n) is 14.0. The Morgan fingerprint density at radius 1 is 0.978 bits per heavy atom. The lowest BCUT2D eigenvalue weighted by Crippen LogP contribution is -2.32. The second kappa shape index (κ2) is 13.0. The number of alkyl carbamates (subject to hydrolysis) is 1. The van der Waals surface area contributed by atoms with E-state index in [0.29, 0.717) is 56.8 Å². The van der Waals surface area contributed by atoms with E-state index < -0.39 is 17.7 Å². The third-order valence-electron chi connectivity index (χ3n) is 6.40. The summed E-state index contributed by atoms with van der Waals surface area (Å²) in [6, 6.07) is 6.41. The SMILES string of the molecule is COc1cc(-c2c(NC(=O)Nc3cnc(-c4noc(CNC(=O)OC(C)(C)C)n4)c(C)c3)cnc3ccnn23)cc(OC)c1OC. The van der Waals surface area contributed by atoms with Crippen molar-refractivity contribution in [2.75, 3.05) is 32.0 Å². The molecule has 0 aliphatic rings. The molecule has 0 saturated heterocycles. The molecule has 1 aromatic carbocycles. The molecule has 46 heavy (non-hydrogen) atoms. The van der Waals surface area contributed by atoms with Crippen molar-refractivity contribution < 1.29 is 33.1 Å². The number of pyridine rings is 1. The number of aromatic nitrogens is 6. The number of aryl methyl sites for hydroxylation is 1. The first-order valence-corrected chi connectivity index (χ1v) is 14.0. The smallest absolute Gasteiger partial charge is 0.408 e. The molecule has 5 rings (SSSR count). The van der Waals surface area contributed by atoms with Gasteiger partial charge in [0.05, 0.1) is 57.0 Å². The summed E-state index contributed by atoms with van der Waals surface area (Å²) in [6.45, 7) is 7.07. The van der Waals surface area contributed by atoms with E-state index in [1.54, 1.807) is 62.7 Å². The van der Waals surface area contributed by atoms with E-state index in [-0.39, 0.29) is 18.3 Å². The molecule has 0 saturated carbocycles. The number of carbonyl (C=O) groups excluding carboxylic acids is 2. The third-order valence-corrected chi connectivity index (χ3v) is 6.40. The van der Waals surface area contributed by atoms with E-state index in [4.69, 9.17) is 23.5 Å². The molecule has 0 atom stereocenters. The number of benzene rings is 1. The highest BCUT2D eigenvalue weighted by molar-refractivity contribution is 6.02. The summed E-state index contributed by atoms with van der Waals surface area (Å²) >= 11 is 0. The van der Waals surface area contributed by atoms with Crippen molar-refractivity contribution >= 4 is 29.1 Å². The zero-order valence-electron chi connectivity index (χ0n) is 26.3. The van der Waals surface area contributed by atoms with Crippen molar-refractivity contribution in [1.82, 2.24) is 35.0 Å². The maximum Gasteiger partial charge on any atom is 0.408 e. The average molecular weight is 632 g/mol. The fourth-order valence-corrected chi connectivity index (χ4v) is 4.51. The molecule has 16 nitrogen and oxygen atoms in total. The Labute approximate surface area is 263 Å². The number of fused-ring (bicyclic) bond motifs is 1. The molecule has 0 aliphatic carbocycles. The minimum absolute atomic E-state index is 0.0158. The normalized spacial score (nSPS) is 11.2. The quantitative estimate of drug-likeness (QED) is 0.201. The van der Waals surface area contributed by atoms with Crippen LogP contribution in [-0.2, 0) is 11.3 Å². The number of carbonyl (C=O) groups is 2. The van der Waals surface area contributed by atoms with Crippen molar-refractivity contribution in [3.05, 3.63) is 54.3 Å². The van der Waals surface area contributed by atoms with Crippen molar-refractivity contribution in [3.63, 3.8) is 0 Å². The average Bonchev–Trinajstić information content (AvgIpc) is 3.68. The van der Waals surface area contributed by atoms with Crippen LogP contribution >= 0.6 is 0 Å². The van der Waals surface area contributed by atoms with Crippen LogP contribution in [0.1, 0.15) is 32.2 Å². The van der Waals surface area contributed by atoms with Crippen LogP contribution in [0, 0.1) is 6.92 Å². The Hall–Kier alpha value is -5.93. The summed E-state index contributed by atoms with van der Waals surface area (Å²) in [7, 11) is 4.56. The molecule has 3 N–H and O–H groups in total. The maximum absolute atomic E-state index is 13.2. The van der Waals surface area contributed by atoms with E-state index in [2.05, 4.69) is 41.2 Å². The van der Waals surface area contributed by atoms with Crippen molar-refractivity contribution in [3.8, 4) is 40.0 Å². The van der Waals surface area contributed by atoms with E-state index in [1.807, 2.05) is 0 Å². The second-order valence-electron chi connectivity index (χ2n) is 10.9. The van der Waals surface area contributed by atoms with Crippen LogP contribution in [0.15, 0.2) is 47.4 Å². The van der Waals surface area contributed by atoms with Crippen LogP contribution in [0.5, 0.6) is 17.2 Å². The highest BCUT2D eigenvalue weighted by Gasteiger charge is 2.21. The van der Waals surface area contributed by atoms with Crippen LogP contribution in [-0.4, -0.2) is 68.8 Å². The predicted molar refractivity (Wildman–Crippen MR) is 166 cm³/mol. The number of hydrogen-bond acceptors (Lipinski definition) is 12. The second-order valence-corrected chi connectivity index (χ2v) is 10.9. The van der Waals surface area contributed by atoms with Gasteiger partial charge < -0.3 is 39.4 Å². The van der Waals surface area contributed by atoms with Gasteiger partial charge in [-0.05, 0) is 51.5 Å². The zero-order valence-corrected chi connectivity index (χ0v) is 26.3. The Bertz CT molecular complexity index is 1870. The van der Waals surface area contributed by atoms with Gasteiger partial charge >= 0.3 is 12.1 Å². The Kier molecular flexibility index (Phi) is 8.88. The van der Waals surface area contributed by atoms with E-state index in [0.717, 1.165) is 0 Å². The highest BCUT2D eigenvalue weighted by atomic mass is 16.6. The van der Waals surface area contributed by atoms with Gasteiger partial charge in [0, 0.05) is 11.6 Å². The third kappa shape index (κ3) is 6.90. The minimum Gasteiger partial charge on any atom is -0.493 e. The first-order chi connectivity index (χ1) is 22.0. The standard InChI is InChI=1S/C30H33N9O7/c1-16-10-18(13-32-24(16)27-37-23(46-38-27)15-33-29(41)45-30(2,3)4)35-28(40)36-19-14-31-22-8-9-34-39(22)25(19)17-11-20(42-5)26(44-7)21(12-17)43-6/h8-14H,15H2,1-7H3,(H,33,41)(H2,35,36,40). The Morgan fingerprint density at radius 2 is 1.72 bits per heavy atom. The van der Waals surface area contributed by atoms with Crippen LogP contribution in [0.4, 0.5) is 21.0 Å². The molecule has 0 aliphatic heterocycles. The molecule has 0 spiro atoms. The van der Waals surface area contributed by atoms with Gasteiger partial charge in [0.15, 0.2) is 17.1 Å². The number of rotatable bonds is 9. The first kappa shape index (κ1) is 31.5. The zero-order chi connectivity index (χ0) is 33.0. The fourth-order valence-electron chi connectivity index (χ4n) is 4.51. The van der Waals surface area contributed by atoms with E-state index >= 15 is 0 Å². The van der Waals surface area contributed by atoms with Crippen LogP contribution in [0.25, 0.3) is 28.4 Å². The summed E-state index contributed by atoms with van der Waals surface area (Å²) in [6.07, 6.45) is 4.00. The van der Waals surface area contributed by atoms with E-state index in [1.165, 1.54) is 33.7 Å². The van der Waals surface area contributed by atoms with Gasteiger partial charge in [0.2, 0.25) is 17.5 Å². The Morgan fingerprint density at radius 3 is 2.37 bits per heavy atom. The van der Waals surface area contributed by atoms with Gasteiger partial charge in [-0.1, -0.05) is 5.16 Å². The molecule has 4 aromatic heterocycles. The number of urea groups is 1. The van der Waals surface area contributed by atoms with Gasteiger partial charge in [-0.3, -0.25) is 4.98 Å². The molecular formula is C30H33N9O7. The molecule has 16 heteroatoms. The summed E-state index contributed by atoms with van der Waals surface area (Å²) in [5.41, 5.74) is 2.98. The highest BCUT2D eigenvalue weighted by Crippen LogP contribution is 2.42. The molecule has 4 heterocycles. The molecule has 3 amide bonds. The largest absolute Gasteiger partial charge is 0.493 e. The summed E-state index contributed by atoms with van der Waals surface area (Å²) < 4.78 is 28.6. The number of ether oxygens (including phenoxy) is 4. The summed E-state index contributed by atoms with van der Waals surface area (Å²) in [5, 5.41) is 16.6. The Balaban J connectivity index is 1.33. The van der Waals surface area contributed by atoms with Crippen LogP contribution in [0.2, 0.25) is 0 Å². The fraction of sp³-hybridized carbons (Fsp3) is 0.300. The molecule has 0 radical (unpaired) electrons. The van der Waals surface area contributed by atoms with Crippen molar-refractivity contribution in [2.24, 2.45) is 0 Å². The number of nitrogens with one attached hydrogen (secondary N) is 3. The molecule has 0 unspecified atom stereocenters. The number of methoxy groups -OCH3 is 3. The molecule has 0 bridgehead atoms. The summed E-state index contributed by atoms with van der Waals surface area (Å²) in [5.74, 6) is 1.68. The van der Waals surface area contributed by atoms with Gasteiger partial charge in [0.25, 0.3) is 0 Å². The van der Waals surface area contributed by atoms with E-state index in [9.17, 15) is 9.59 Å². The van der Waals surface area contributed by atoms with Gasteiger partial charge in [-0.2, -0.15) is 10.1 Å². The number of amides is 3. The lowest BCUT2D eigenvalue weighted by Gasteiger charge is -2.19. The van der Waals surface area contributed by atoms with Crippen LogP contribution in [0.3, 0.4) is 0 Å². The number of nitrogens with zero attached hydrogens (tertiary/aromatic N) is 6. The molecule has 0 fully saturated rings. The maximum atomic E-state index is 13.2. The number of hydrogen-bond donors (Lipinski definition) is 3. The lowest BCUT2D eigenvalue weighted by atomic mass is 10.1. The molecule has 240 valence electrons. The molecular weight excluding hydrogens is 598 g/mol. The number of anilines is 2. The van der Waals surface area contributed by atoms with Gasteiger partial charge in [0.1, 0.15) is 17.8 Å². The predicted octanol–water partition coefficient (Wildman–Crippen LogP) is 4.84. The van der Waals surface area contributed by atoms with Gasteiger partial charge in [-0.15, -0.1) is 0 Å². The lowest BCUT2D eigenvalue weighted by molar-refractivity contribution is 0.0517. The van der Waals surface area contributed by atoms with Gasteiger partial charge in [-0.25, -0.2) is 19.1 Å². The van der Waals surface area contributed by atoms with Crippen LogP contribution < -0.4 is 30.2 Å². The topological polar surface area (TPSA) is 189 Å². The minimum atomic E-state index is -0.636. The monoisotopic (exact) mass is 631 g/mol.